The van der Waals surface area contributed by atoms with Crippen LogP contribution in [0.2, 0.25) is 0 Å². The number of carboxylic acid groups (broad SMARTS) is 4. The number of benzene rings is 1. The number of rotatable bonds is 15. The van der Waals surface area contributed by atoms with Gasteiger partial charge in [-0.2, -0.15) is 0 Å². The molecule has 14 nitrogen and oxygen atoms in total. The Labute approximate surface area is 240 Å². The molecule has 14 heteroatoms. The summed E-state index contributed by atoms with van der Waals surface area (Å²) in [6.45, 7) is 2.49. The summed E-state index contributed by atoms with van der Waals surface area (Å²) in [6.07, 6.45) is -0.275. The van der Waals surface area contributed by atoms with E-state index in [1.165, 1.54) is 0 Å². The van der Waals surface area contributed by atoms with E-state index in [9.17, 15) is 44.7 Å². The van der Waals surface area contributed by atoms with Gasteiger partial charge in [-0.25, -0.2) is 0 Å². The highest BCUT2D eigenvalue weighted by Crippen LogP contribution is 2.06. The molecule has 0 aromatic heterocycles. The van der Waals surface area contributed by atoms with Crippen LogP contribution in [0, 0.1) is 0 Å². The van der Waals surface area contributed by atoms with Crippen molar-refractivity contribution in [1.29, 1.82) is 0 Å². The molecule has 0 aliphatic carbocycles. The number of carbonyl (C=O) groups is 4. The second-order valence-electron chi connectivity index (χ2n) is 10.3. The molecule has 230 valence electrons. The van der Waals surface area contributed by atoms with Gasteiger partial charge >= 0.3 is 23.9 Å². The molecule has 1 aliphatic rings. The minimum absolute atomic E-state index is 0.122. The molecule has 0 spiro atoms. The first-order valence-electron chi connectivity index (χ1n) is 13.7. The molecule has 1 aromatic carbocycles. The Kier molecular flexibility index (Phi) is 15.2. The number of nitrogens with zero attached hydrogens (tertiary/aromatic N) is 5. The Bertz CT molecular complexity index is 936. The number of aliphatic hydroxyl groups excluding tert-OH is 1. The van der Waals surface area contributed by atoms with E-state index in [1.54, 1.807) is 19.6 Å². The first-order valence-corrected chi connectivity index (χ1v) is 13.7. The van der Waals surface area contributed by atoms with Crippen molar-refractivity contribution in [3.05, 3.63) is 35.9 Å². The molecule has 1 heterocycles. The van der Waals surface area contributed by atoms with E-state index >= 15 is 0 Å². The zero-order valence-corrected chi connectivity index (χ0v) is 23.4. The van der Waals surface area contributed by atoms with Crippen molar-refractivity contribution in [3.63, 3.8) is 0 Å². The van der Waals surface area contributed by atoms with Crippen LogP contribution in [0.1, 0.15) is 5.56 Å². The van der Waals surface area contributed by atoms with Gasteiger partial charge < -0.3 is 25.5 Å². The Morgan fingerprint density at radius 2 is 1.07 bits per heavy atom. The average molecular weight is 582 g/mol. The third-order valence-corrected chi connectivity index (χ3v) is 6.86. The number of hydrogen-bond donors (Lipinski definition) is 5. The maximum Gasteiger partial charge on any atom is 0.317 e. The predicted octanol–water partition coefficient (Wildman–Crippen LogP) is -1.55. The number of β-amino-alcohol motifs (C(OH)–C–C–N with tert-alkyl or cyclic N) is 1. The lowest BCUT2D eigenvalue weighted by Crippen LogP contribution is -2.50. The van der Waals surface area contributed by atoms with E-state index in [4.69, 9.17) is 0 Å². The van der Waals surface area contributed by atoms with Crippen LogP contribution in [0.15, 0.2) is 30.3 Å². The van der Waals surface area contributed by atoms with Crippen LogP contribution in [-0.2, 0) is 25.6 Å². The summed E-state index contributed by atoms with van der Waals surface area (Å²) in [7, 11) is 0. The van der Waals surface area contributed by atoms with Crippen molar-refractivity contribution < 1.29 is 44.7 Å². The summed E-state index contributed by atoms with van der Waals surface area (Å²) < 4.78 is 0. The average Bonchev–Trinajstić information content (AvgIpc) is 2.88. The van der Waals surface area contributed by atoms with Gasteiger partial charge in [-0.1, -0.05) is 30.3 Å². The molecule has 41 heavy (non-hydrogen) atoms. The van der Waals surface area contributed by atoms with E-state index in [0.717, 1.165) is 5.56 Å². The van der Waals surface area contributed by atoms with E-state index in [0.29, 0.717) is 65.3 Å². The van der Waals surface area contributed by atoms with Gasteiger partial charge in [0.2, 0.25) is 0 Å². The fourth-order valence-electron chi connectivity index (χ4n) is 4.82. The van der Waals surface area contributed by atoms with E-state index < -0.39 is 30.0 Å². The highest BCUT2D eigenvalue weighted by Gasteiger charge is 2.22. The van der Waals surface area contributed by atoms with Gasteiger partial charge in [0.15, 0.2) is 0 Å². The Morgan fingerprint density at radius 3 is 1.46 bits per heavy atom. The number of carboxylic acids is 4. The van der Waals surface area contributed by atoms with Gasteiger partial charge in [-0.05, 0) is 12.0 Å². The summed E-state index contributed by atoms with van der Waals surface area (Å²) >= 11 is 0. The zero-order valence-electron chi connectivity index (χ0n) is 23.4. The topological polar surface area (TPSA) is 186 Å². The third-order valence-electron chi connectivity index (χ3n) is 6.86. The Balaban J connectivity index is 2.10. The first-order chi connectivity index (χ1) is 19.5. The van der Waals surface area contributed by atoms with Gasteiger partial charge in [-0.15, -0.1) is 0 Å². The molecule has 1 fully saturated rings. The highest BCUT2D eigenvalue weighted by molar-refractivity contribution is 5.70. The summed E-state index contributed by atoms with van der Waals surface area (Å²) in [5.41, 5.74) is 1.06. The van der Waals surface area contributed by atoms with Crippen molar-refractivity contribution in [2.24, 2.45) is 0 Å². The van der Waals surface area contributed by atoms with Crippen molar-refractivity contribution in [2.45, 2.75) is 12.5 Å². The lowest BCUT2D eigenvalue weighted by molar-refractivity contribution is -0.140. The Hall–Kier alpha value is -3.14. The molecule has 1 saturated heterocycles. The normalized spacial score (nSPS) is 17.9. The molecular weight excluding hydrogens is 538 g/mol. The minimum Gasteiger partial charge on any atom is -0.480 e. The number of aliphatic carboxylic acids is 4. The van der Waals surface area contributed by atoms with Crippen molar-refractivity contribution >= 4 is 23.9 Å². The Morgan fingerprint density at radius 1 is 0.659 bits per heavy atom. The molecule has 1 aromatic rings. The van der Waals surface area contributed by atoms with E-state index in [2.05, 4.69) is 0 Å². The van der Waals surface area contributed by atoms with Gasteiger partial charge in [0.1, 0.15) is 0 Å². The maximum absolute atomic E-state index is 11.5. The van der Waals surface area contributed by atoms with Crippen LogP contribution in [0.3, 0.4) is 0 Å². The third kappa shape index (κ3) is 15.4. The number of hydrogen-bond acceptors (Lipinski definition) is 10. The summed E-state index contributed by atoms with van der Waals surface area (Å²) in [5, 5.41) is 48.4. The van der Waals surface area contributed by atoms with Crippen molar-refractivity contribution in [1.82, 2.24) is 24.5 Å². The van der Waals surface area contributed by atoms with Crippen molar-refractivity contribution in [2.75, 3.05) is 98.2 Å². The highest BCUT2D eigenvalue weighted by atomic mass is 16.4. The molecule has 0 saturated carbocycles. The molecule has 5 N–H and O–H groups in total. The fourth-order valence-corrected chi connectivity index (χ4v) is 4.82. The lowest BCUT2D eigenvalue weighted by atomic mass is 10.1. The van der Waals surface area contributed by atoms with Crippen LogP contribution in [0.25, 0.3) is 0 Å². The molecule has 2 rings (SSSR count). The van der Waals surface area contributed by atoms with Crippen LogP contribution in [-0.4, -0.2) is 178 Å². The summed E-state index contributed by atoms with van der Waals surface area (Å²) in [6, 6.07) is 9.64. The van der Waals surface area contributed by atoms with Gasteiger partial charge in [0.25, 0.3) is 0 Å². The van der Waals surface area contributed by atoms with Crippen molar-refractivity contribution in [3.8, 4) is 0 Å². The van der Waals surface area contributed by atoms with Crippen LogP contribution >= 0.6 is 0 Å². The SMILES string of the molecule is O=C(O)CN1CCN(CC(=O)O)CCN(CC(O)CN(CCc2ccccc2)CC(=O)O)CCN(CC(=O)O)CC1. The second kappa shape index (κ2) is 18.3. The smallest absolute Gasteiger partial charge is 0.317 e. The number of aliphatic hydroxyl groups is 1. The van der Waals surface area contributed by atoms with Crippen LogP contribution in [0.4, 0.5) is 0 Å². The minimum atomic E-state index is -1.02. The van der Waals surface area contributed by atoms with Gasteiger partial charge in [-0.3, -0.25) is 43.7 Å². The van der Waals surface area contributed by atoms with E-state index in [-0.39, 0.29) is 39.3 Å². The lowest BCUT2D eigenvalue weighted by Gasteiger charge is -2.34. The molecule has 1 atom stereocenters. The predicted molar refractivity (Wildman–Crippen MR) is 149 cm³/mol. The standard InChI is InChI=1S/C27H43N5O9/c33-23(17-32(21-27(40)41)7-6-22-4-2-1-3-5-22)16-28-8-10-29(18-24(34)35)12-14-31(20-26(38)39)15-13-30(11-9-28)19-25(36)37/h1-5,23,33H,6-21H2,(H,34,35)(H,36,37)(H,38,39)(H,40,41). The summed E-state index contributed by atoms with van der Waals surface area (Å²) in [5.74, 6) is -4.04. The second-order valence-corrected chi connectivity index (χ2v) is 10.3. The molecule has 0 amide bonds. The fraction of sp³-hybridized carbons (Fsp3) is 0.630. The summed E-state index contributed by atoms with van der Waals surface area (Å²) in [4.78, 5) is 54.4. The first kappa shape index (κ1) is 34.1. The van der Waals surface area contributed by atoms with Crippen LogP contribution in [0.5, 0.6) is 0 Å². The molecule has 0 bridgehead atoms. The van der Waals surface area contributed by atoms with E-state index in [1.807, 2.05) is 35.2 Å². The molecular formula is C27H43N5O9. The monoisotopic (exact) mass is 581 g/mol. The van der Waals surface area contributed by atoms with Gasteiger partial charge in [0, 0.05) is 72.0 Å². The maximum atomic E-state index is 11.5. The molecule has 1 aliphatic heterocycles. The van der Waals surface area contributed by atoms with Gasteiger partial charge in [0.05, 0.1) is 32.3 Å². The van der Waals surface area contributed by atoms with Crippen LogP contribution < -0.4 is 0 Å². The zero-order chi connectivity index (χ0) is 30.2. The quantitative estimate of drug-likeness (QED) is 0.160. The molecule has 0 radical (unpaired) electrons. The largest absolute Gasteiger partial charge is 0.480 e. The molecule has 1 unspecified atom stereocenters.